The molecule has 0 aliphatic rings. The summed E-state index contributed by atoms with van der Waals surface area (Å²) in [4.78, 5) is 3.81. The molecular weight excluding hydrogens is 243 g/mol. The highest BCUT2D eigenvalue weighted by Crippen LogP contribution is 2.38. The Morgan fingerprint density at radius 1 is 1.25 bits per heavy atom. The Kier molecular flexibility index (Phi) is 2.42. The number of nitrogens with zero attached hydrogens (tertiary/aromatic N) is 1. The Morgan fingerprint density at radius 3 is 2.56 bits per heavy atom. The Labute approximate surface area is 93.3 Å². The molecule has 1 aromatic carbocycles. The van der Waals surface area contributed by atoms with Crippen LogP contribution in [0.5, 0.6) is 5.75 Å². The topological polar surface area (TPSA) is 33.1 Å². The normalized spacial score (nSPS) is 12.0. The molecule has 2 aromatic rings. The lowest BCUT2D eigenvalue weighted by molar-refractivity contribution is -0.138. The molecule has 6 heteroatoms. The van der Waals surface area contributed by atoms with Gasteiger partial charge in [-0.2, -0.15) is 13.2 Å². The standard InChI is InChI=1S/C10H5ClF3NO/c11-7-1-2-15-8-4-9(16)6(3-5(7)8)10(12,13)14/h1-4,16H. The molecule has 1 aromatic heterocycles. The molecule has 0 radical (unpaired) electrons. The van der Waals surface area contributed by atoms with E-state index in [1.165, 1.54) is 12.3 Å². The first kappa shape index (κ1) is 11.0. The summed E-state index contributed by atoms with van der Waals surface area (Å²) in [6.45, 7) is 0. The van der Waals surface area contributed by atoms with Gasteiger partial charge in [-0.1, -0.05) is 11.6 Å². The maximum Gasteiger partial charge on any atom is 0.419 e. The largest absolute Gasteiger partial charge is 0.507 e. The number of alkyl halides is 3. The molecule has 0 aliphatic heterocycles. The third-order valence-corrected chi connectivity index (χ3v) is 2.44. The molecule has 0 atom stereocenters. The highest BCUT2D eigenvalue weighted by atomic mass is 35.5. The van der Waals surface area contributed by atoms with Crippen LogP contribution >= 0.6 is 11.6 Å². The zero-order valence-electron chi connectivity index (χ0n) is 7.72. The van der Waals surface area contributed by atoms with Crippen LogP contribution in [0.15, 0.2) is 24.4 Å². The fourth-order valence-corrected chi connectivity index (χ4v) is 1.58. The van der Waals surface area contributed by atoms with Gasteiger partial charge in [-0.05, 0) is 12.1 Å². The Hall–Kier alpha value is -1.49. The van der Waals surface area contributed by atoms with Crippen LogP contribution in [0.2, 0.25) is 5.02 Å². The van der Waals surface area contributed by atoms with Crippen LogP contribution in [-0.2, 0) is 6.18 Å². The average Bonchev–Trinajstić information content (AvgIpc) is 2.15. The van der Waals surface area contributed by atoms with Crippen molar-refractivity contribution in [3.8, 4) is 5.75 Å². The molecule has 0 saturated carbocycles. The smallest absolute Gasteiger partial charge is 0.419 e. The van der Waals surface area contributed by atoms with E-state index in [9.17, 15) is 18.3 Å². The highest BCUT2D eigenvalue weighted by molar-refractivity contribution is 6.35. The summed E-state index contributed by atoms with van der Waals surface area (Å²) in [6.07, 6.45) is -3.26. The third-order valence-electron chi connectivity index (χ3n) is 2.11. The lowest BCUT2D eigenvalue weighted by Crippen LogP contribution is -2.05. The predicted molar refractivity (Wildman–Crippen MR) is 53.4 cm³/mol. The van der Waals surface area contributed by atoms with Gasteiger partial charge in [-0.15, -0.1) is 0 Å². The van der Waals surface area contributed by atoms with Crippen LogP contribution in [-0.4, -0.2) is 10.1 Å². The van der Waals surface area contributed by atoms with Gasteiger partial charge >= 0.3 is 6.18 Å². The first-order valence-electron chi connectivity index (χ1n) is 4.24. The number of benzene rings is 1. The summed E-state index contributed by atoms with van der Waals surface area (Å²) in [6, 6.07) is 3.13. The number of phenolic OH excluding ortho intramolecular Hbond substituents is 1. The summed E-state index contributed by atoms with van der Waals surface area (Å²) in [7, 11) is 0. The van der Waals surface area contributed by atoms with E-state index in [1.54, 1.807) is 0 Å². The van der Waals surface area contributed by atoms with E-state index in [-0.39, 0.29) is 15.9 Å². The summed E-state index contributed by atoms with van der Waals surface area (Å²) in [5.41, 5.74) is -0.895. The van der Waals surface area contributed by atoms with E-state index < -0.39 is 17.5 Å². The van der Waals surface area contributed by atoms with Gasteiger partial charge in [0.15, 0.2) is 0 Å². The predicted octanol–water partition coefficient (Wildman–Crippen LogP) is 3.61. The molecule has 1 N–H and O–H groups in total. The van der Waals surface area contributed by atoms with Crippen molar-refractivity contribution >= 4 is 22.5 Å². The number of pyridine rings is 1. The maximum absolute atomic E-state index is 12.5. The first-order chi connectivity index (χ1) is 7.39. The minimum absolute atomic E-state index is 0.161. The molecule has 2 nitrogen and oxygen atoms in total. The van der Waals surface area contributed by atoms with Gasteiger partial charge in [-0.3, -0.25) is 4.98 Å². The van der Waals surface area contributed by atoms with Crippen LogP contribution in [0, 0.1) is 0 Å². The second-order valence-corrected chi connectivity index (χ2v) is 3.58. The van der Waals surface area contributed by atoms with Crippen molar-refractivity contribution in [3.05, 3.63) is 35.0 Å². The SMILES string of the molecule is Oc1cc2nccc(Cl)c2cc1C(F)(F)F. The van der Waals surface area contributed by atoms with Crippen LogP contribution < -0.4 is 0 Å². The number of aromatic hydroxyl groups is 1. The fraction of sp³-hybridized carbons (Fsp3) is 0.100. The zero-order valence-corrected chi connectivity index (χ0v) is 8.47. The second-order valence-electron chi connectivity index (χ2n) is 3.18. The molecule has 0 fully saturated rings. The van der Waals surface area contributed by atoms with Crippen molar-refractivity contribution in [2.45, 2.75) is 6.18 Å². The zero-order chi connectivity index (χ0) is 11.9. The summed E-state index contributed by atoms with van der Waals surface area (Å²) in [5, 5.41) is 9.56. The molecule has 1 heterocycles. The molecular formula is C10H5ClF3NO. The van der Waals surface area contributed by atoms with Crippen molar-refractivity contribution in [1.82, 2.24) is 4.98 Å². The number of hydrogen-bond donors (Lipinski definition) is 1. The van der Waals surface area contributed by atoms with Crippen molar-refractivity contribution < 1.29 is 18.3 Å². The molecule has 84 valence electrons. The van der Waals surface area contributed by atoms with E-state index in [0.717, 1.165) is 12.1 Å². The number of phenols is 1. The average molecular weight is 248 g/mol. The maximum atomic E-state index is 12.5. The molecule has 0 bridgehead atoms. The fourth-order valence-electron chi connectivity index (χ4n) is 1.38. The molecule has 0 amide bonds. The molecule has 16 heavy (non-hydrogen) atoms. The van der Waals surface area contributed by atoms with Crippen molar-refractivity contribution in [2.75, 3.05) is 0 Å². The van der Waals surface area contributed by atoms with Crippen molar-refractivity contribution in [2.24, 2.45) is 0 Å². The molecule has 2 rings (SSSR count). The summed E-state index contributed by atoms with van der Waals surface area (Å²) in [5.74, 6) is -0.852. The Morgan fingerprint density at radius 2 is 1.94 bits per heavy atom. The molecule has 0 aliphatic carbocycles. The minimum Gasteiger partial charge on any atom is -0.507 e. The molecule has 0 unspecified atom stereocenters. The number of halogens is 4. The third kappa shape index (κ3) is 1.78. The lowest BCUT2D eigenvalue weighted by Gasteiger charge is -2.10. The number of aromatic nitrogens is 1. The number of fused-ring (bicyclic) bond motifs is 1. The van der Waals surface area contributed by atoms with Gasteiger partial charge in [0.25, 0.3) is 0 Å². The molecule has 0 spiro atoms. The lowest BCUT2D eigenvalue weighted by atomic mass is 10.1. The van der Waals surface area contributed by atoms with E-state index in [1.807, 2.05) is 0 Å². The van der Waals surface area contributed by atoms with Gasteiger partial charge in [0.2, 0.25) is 0 Å². The van der Waals surface area contributed by atoms with Gasteiger partial charge in [-0.25, -0.2) is 0 Å². The van der Waals surface area contributed by atoms with Crippen LogP contribution in [0.3, 0.4) is 0 Å². The van der Waals surface area contributed by atoms with Crippen LogP contribution in [0.25, 0.3) is 10.9 Å². The van der Waals surface area contributed by atoms with E-state index in [0.29, 0.717) is 0 Å². The van der Waals surface area contributed by atoms with Crippen LogP contribution in [0.4, 0.5) is 13.2 Å². The van der Waals surface area contributed by atoms with E-state index in [2.05, 4.69) is 4.98 Å². The minimum atomic E-state index is -4.61. The Balaban J connectivity index is 2.80. The van der Waals surface area contributed by atoms with E-state index >= 15 is 0 Å². The van der Waals surface area contributed by atoms with Gasteiger partial charge in [0.1, 0.15) is 5.75 Å². The second kappa shape index (κ2) is 3.52. The van der Waals surface area contributed by atoms with Crippen molar-refractivity contribution in [3.63, 3.8) is 0 Å². The number of rotatable bonds is 0. The van der Waals surface area contributed by atoms with Crippen molar-refractivity contribution in [1.29, 1.82) is 0 Å². The monoisotopic (exact) mass is 247 g/mol. The van der Waals surface area contributed by atoms with Crippen LogP contribution in [0.1, 0.15) is 5.56 Å². The Bertz CT molecular complexity index is 553. The van der Waals surface area contributed by atoms with Gasteiger partial charge in [0.05, 0.1) is 16.1 Å². The first-order valence-corrected chi connectivity index (χ1v) is 4.62. The summed E-state index contributed by atoms with van der Waals surface area (Å²) < 4.78 is 37.5. The van der Waals surface area contributed by atoms with Gasteiger partial charge < -0.3 is 5.11 Å². The molecule has 0 saturated heterocycles. The van der Waals surface area contributed by atoms with E-state index in [4.69, 9.17) is 11.6 Å². The van der Waals surface area contributed by atoms with Gasteiger partial charge in [0, 0.05) is 17.6 Å². The summed E-state index contributed by atoms with van der Waals surface area (Å²) >= 11 is 5.74. The quantitative estimate of drug-likeness (QED) is 0.771. The highest BCUT2D eigenvalue weighted by Gasteiger charge is 2.34. The number of hydrogen-bond acceptors (Lipinski definition) is 2.